The number of carbonyl (C=O) groups excluding carboxylic acids is 1. The minimum absolute atomic E-state index is 0.0367. The normalized spacial score (nSPS) is 13.1. The minimum Gasteiger partial charge on any atom is -0.396 e. The van der Waals surface area contributed by atoms with Crippen LogP contribution < -0.4 is 5.32 Å². The van der Waals surface area contributed by atoms with Gasteiger partial charge < -0.3 is 24.6 Å². The van der Waals surface area contributed by atoms with Gasteiger partial charge in [0.15, 0.2) is 5.79 Å². The molecule has 1 unspecified atom stereocenters. The van der Waals surface area contributed by atoms with Crippen molar-refractivity contribution in [3.05, 3.63) is 0 Å². The maximum Gasteiger partial charge on any atom is 0.220 e. The number of amides is 1. The highest BCUT2D eigenvalue weighted by molar-refractivity contribution is 5.75. The van der Waals surface area contributed by atoms with Crippen LogP contribution in [0.15, 0.2) is 0 Å². The van der Waals surface area contributed by atoms with E-state index in [9.17, 15) is 4.79 Å². The highest BCUT2D eigenvalue weighted by Gasteiger charge is 2.38. The molecule has 1 amide bonds. The van der Waals surface area contributed by atoms with Gasteiger partial charge in [0.05, 0.1) is 0 Å². The van der Waals surface area contributed by atoms with E-state index in [1.165, 1.54) is 0 Å². The first-order valence-electron chi connectivity index (χ1n) is 8.33. The molecule has 0 aromatic heterocycles. The van der Waals surface area contributed by atoms with E-state index >= 15 is 0 Å². The number of ether oxygens (including phenoxy) is 3. The molecule has 0 aliphatic rings. The Morgan fingerprint density at radius 3 is 2.27 bits per heavy atom. The Morgan fingerprint density at radius 2 is 1.77 bits per heavy atom. The maximum atomic E-state index is 11.5. The Hall–Kier alpha value is -0.690. The van der Waals surface area contributed by atoms with Crippen molar-refractivity contribution in [1.29, 1.82) is 0 Å². The van der Waals surface area contributed by atoms with Crippen LogP contribution in [0.3, 0.4) is 0 Å². The van der Waals surface area contributed by atoms with E-state index in [2.05, 4.69) is 5.32 Å². The van der Waals surface area contributed by atoms with Crippen LogP contribution >= 0.6 is 0 Å². The molecule has 132 valence electrons. The van der Waals surface area contributed by atoms with Crippen LogP contribution in [0.4, 0.5) is 0 Å². The highest BCUT2D eigenvalue weighted by atomic mass is 16.7. The van der Waals surface area contributed by atoms with Gasteiger partial charge in [0, 0.05) is 45.8 Å². The first kappa shape index (κ1) is 21.3. The van der Waals surface area contributed by atoms with Gasteiger partial charge in [0.2, 0.25) is 5.91 Å². The molecular formula is C16H33NO5. The van der Waals surface area contributed by atoms with Crippen molar-refractivity contribution in [1.82, 2.24) is 5.32 Å². The lowest BCUT2D eigenvalue weighted by Gasteiger charge is -2.38. The number of nitrogens with one attached hydrogen (secondary N) is 1. The molecule has 0 bridgehead atoms. The molecule has 0 saturated heterocycles. The average molecular weight is 319 g/mol. The summed E-state index contributed by atoms with van der Waals surface area (Å²) in [6.07, 6.45) is 2.06. The number of aliphatic hydroxyl groups is 1. The van der Waals surface area contributed by atoms with Crippen molar-refractivity contribution in [3.63, 3.8) is 0 Å². The van der Waals surface area contributed by atoms with Crippen LogP contribution in [0.2, 0.25) is 0 Å². The van der Waals surface area contributed by atoms with Gasteiger partial charge in [-0.15, -0.1) is 0 Å². The van der Waals surface area contributed by atoms with Crippen LogP contribution in [0.5, 0.6) is 0 Å². The molecule has 1 atom stereocenters. The van der Waals surface area contributed by atoms with Gasteiger partial charge in [-0.3, -0.25) is 4.79 Å². The second-order valence-electron chi connectivity index (χ2n) is 5.06. The lowest BCUT2D eigenvalue weighted by Crippen LogP contribution is -2.48. The number of carbonyl (C=O) groups is 1. The van der Waals surface area contributed by atoms with Gasteiger partial charge in [0.25, 0.3) is 0 Å². The number of rotatable bonds is 14. The van der Waals surface area contributed by atoms with Crippen LogP contribution in [0, 0.1) is 0 Å². The molecular weight excluding hydrogens is 286 g/mol. The zero-order chi connectivity index (χ0) is 16.8. The van der Waals surface area contributed by atoms with E-state index < -0.39 is 5.79 Å². The van der Waals surface area contributed by atoms with Crippen molar-refractivity contribution in [2.45, 2.75) is 65.3 Å². The molecule has 6 nitrogen and oxygen atoms in total. The van der Waals surface area contributed by atoms with Gasteiger partial charge in [-0.2, -0.15) is 0 Å². The lowest BCUT2D eigenvalue weighted by molar-refractivity contribution is -0.288. The summed E-state index contributed by atoms with van der Waals surface area (Å²) in [5.74, 6) is -0.805. The summed E-state index contributed by atoms with van der Waals surface area (Å²) in [5, 5.41) is 11.5. The molecule has 0 heterocycles. The Bertz CT molecular complexity index is 280. The third kappa shape index (κ3) is 8.08. The second kappa shape index (κ2) is 12.8. The number of aliphatic hydroxyl groups excluding tert-OH is 1. The third-order valence-electron chi connectivity index (χ3n) is 3.40. The fraction of sp³-hybridized carbons (Fsp3) is 0.938. The minimum atomic E-state index is -0.769. The Balaban J connectivity index is 4.41. The number of hydrogen-bond donors (Lipinski definition) is 2. The summed E-state index contributed by atoms with van der Waals surface area (Å²) in [6, 6.07) is 0. The van der Waals surface area contributed by atoms with E-state index in [1.54, 1.807) is 0 Å². The van der Waals surface area contributed by atoms with Crippen LogP contribution in [0.1, 0.15) is 53.4 Å². The van der Waals surface area contributed by atoms with Crippen molar-refractivity contribution in [3.8, 4) is 0 Å². The summed E-state index contributed by atoms with van der Waals surface area (Å²) < 4.78 is 17.4. The molecule has 0 spiro atoms. The van der Waals surface area contributed by atoms with E-state index in [4.69, 9.17) is 19.3 Å². The van der Waals surface area contributed by atoms with Gasteiger partial charge >= 0.3 is 0 Å². The largest absolute Gasteiger partial charge is 0.396 e. The molecule has 0 fully saturated rings. The third-order valence-corrected chi connectivity index (χ3v) is 3.40. The zero-order valence-corrected chi connectivity index (χ0v) is 14.5. The fourth-order valence-electron chi connectivity index (χ4n) is 2.38. The smallest absolute Gasteiger partial charge is 0.220 e. The van der Waals surface area contributed by atoms with Crippen LogP contribution in [-0.4, -0.2) is 55.9 Å². The summed E-state index contributed by atoms with van der Waals surface area (Å²) in [5.41, 5.74) is 0. The first-order valence-corrected chi connectivity index (χ1v) is 8.33. The molecule has 0 radical (unpaired) electrons. The van der Waals surface area contributed by atoms with Crippen molar-refractivity contribution in [2.24, 2.45) is 0 Å². The number of hydrogen-bond acceptors (Lipinski definition) is 5. The average Bonchev–Trinajstić information content (AvgIpc) is 2.50. The molecule has 0 aliphatic heterocycles. The molecule has 0 rings (SSSR count). The molecule has 2 N–H and O–H groups in total. The second-order valence-corrected chi connectivity index (χ2v) is 5.06. The van der Waals surface area contributed by atoms with E-state index in [0.717, 1.165) is 6.42 Å². The lowest BCUT2D eigenvalue weighted by atomic mass is 10.0. The molecule has 6 heteroatoms. The molecule has 0 aliphatic carbocycles. The van der Waals surface area contributed by atoms with Gasteiger partial charge in [0.1, 0.15) is 6.10 Å². The standard InChI is InChI=1S/C16H33NO5/c1-5-20-14(4)16(21-6-2,22-7-3)11-9-12-17-15(19)10-8-13-18/h14,18H,5-13H2,1-4H3,(H,17,19). The molecule has 0 aromatic carbocycles. The Kier molecular flexibility index (Phi) is 12.4. The van der Waals surface area contributed by atoms with Crippen molar-refractivity contribution in [2.75, 3.05) is 33.0 Å². The zero-order valence-electron chi connectivity index (χ0n) is 14.5. The molecule has 22 heavy (non-hydrogen) atoms. The summed E-state index contributed by atoms with van der Waals surface area (Å²) >= 11 is 0. The molecule has 0 saturated carbocycles. The predicted octanol–water partition coefficient (Wildman–Crippen LogP) is 1.85. The monoisotopic (exact) mass is 319 g/mol. The quantitative estimate of drug-likeness (QED) is 0.377. The van der Waals surface area contributed by atoms with Gasteiger partial charge in [-0.25, -0.2) is 0 Å². The van der Waals surface area contributed by atoms with E-state index in [0.29, 0.717) is 45.6 Å². The summed E-state index contributed by atoms with van der Waals surface area (Å²) in [4.78, 5) is 11.5. The van der Waals surface area contributed by atoms with Crippen molar-refractivity contribution >= 4 is 5.91 Å². The maximum absolute atomic E-state index is 11.5. The topological polar surface area (TPSA) is 77.0 Å². The summed E-state index contributed by atoms with van der Waals surface area (Å²) in [6.45, 7) is 10.0. The van der Waals surface area contributed by atoms with Gasteiger partial charge in [-0.1, -0.05) is 0 Å². The van der Waals surface area contributed by atoms with E-state index in [-0.39, 0.29) is 18.6 Å². The van der Waals surface area contributed by atoms with E-state index in [1.807, 2.05) is 27.7 Å². The van der Waals surface area contributed by atoms with Crippen molar-refractivity contribution < 1.29 is 24.1 Å². The SMILES string of the molecule is CCOC(C)C(CCCNC(=O)CCCO)(OCC)OCC. The highest BCUT2D eigenvalue weighted by Crippen LogP contribution is 2.26. The Labute approximate surface area is 134 Å². The van der Waals surface area contributed by atoms with Gasteiger partial charge in [-0.05, 0) is 40.5 Å². The first-order chi connectivity index (χ1) is 10.6. The van der Waals surface area contributed by atoms with Crippen LogP contribution in [0.25, 0.3) is 0 Å². The predicted molar refractivity (Wildman–Crippen MR) is 85.6 cm³/mol. The Morgan fingerprint density at radius 1 is 1.14 bits per heavy atom. The molecule has 0 aromatic rings. The van der Waals surface area contributed by atoms with Crippen LogP contribution in [-0.2, 0) is 19.0 Å². The fourth-order valence-corrected chi connectivity index (χ4v) is 2.38. The summed E-state index contributed by atoms with van der Waals surface area (Å²) in [7, 11) is 0.